The third kappa shape index (κ3) is 5.19. The number of alkyl halides is 2. The maximum Gasteiger partial charge on any atom is 0.387 e. The number of anilines is 1. The van der Waals surface area contributed by atoms with E-state index in [1.807, 2.05) is 0 Å². The van der Waals surface area contributed by atoms with Crippen LogP contribution >= 0.6 is 11.6 Å². The smallest absolute Gasteiger partial charge is 0.387 e. The van der Waals surface area contributed by atoms with Crippen LogP contribution in [0.5, 0.6) is 11.5 Å². The molecule has 8 heteroatoms. The van der Waals surface area contributed by atoms with Crippen LogP contribution in [0.4, 0.5) is 14.5 Å². The molecular weight excluding hydrogens is 366 g/mol. The van der Waals surface area contributed by atoms with Gasteiger partial charge in [0.25, 0.3) is 5.91 Å². The first-order valence-corrected chi connectivity index (χ1v) is 7.62. The fourth-order valence-electron chi connectivity index (χ4n) is 2.00. The maximum atomic E-state index is 12.2. The van der Waals surface area contributed by atoms with E-state index in [9.17, 15) is 18.8 Å². The second-order valence-corrected chi connectivity index (χ2v) is 5.33. The largest absolute Gasteiger partial charge is 0.495 e. The summed E-state index contributed by atoms with van der Waals surface area (Å²) < 4.78 is 33.5. The zero-order chi connectivity index (χ0) is 19.1. The van der Waals surface area contributed by atoms with Crippen LogP contribution in [-0.4, -0.2) is 19.6 Å². The van der Waals surface area contributed by atoms with Crippen LogP contribution in [0.2, 0.25) is 5.02 Å². The Morgan fingerprint density at radius 2 is 1.96 bits per heavy atom. The first-order valence-electron chi connectivity index (χ1n) is 7.24. The Balaban J connectivity index is 2.14. The van der Waals surface area contributed by atoms with Gasteiger partial charge < -0.3 is 14.8 Å². The van der Waals surface area contributed by atoms with Gasteiger partial charge >= 0.3 is 6.61 Å². The molecule has 0 saturated heterocycles. The third-order valence-electron chi connectivity index (χ3n) is 3.19. The second-order valence-electron chi connectivity index (χ2n) is 4.92. The molecule has 0 spiro atoms. The molecule has 0 heterocycles. The zero-order valence-corrected chi connectivity index (χ0v) is 14.3. The van der Waals surface area contributed by atoms with Crippen molar-refractivity contribution in [2.75, 3.05) is 12.4 Å². The van der Waals surface area contributed by atoms with Gasteiger partial charge in [-0.2, -0.15) is 14.0 Å². The average Bonchev–Trinajstić information content (AvgIpc) is 2.60. The summed E-state index contributed by atoms with van der Waals surface area (Å²) in [6, 6.07) is 12.0. The molecule has 0 atom stereocenters. The van der Waals surface area contributed by atoms with Crippen molar-refractivity contribution in [1.82, 2.24) is 0 Å². The number of ether oxygens (including phenoxy) is 2. The van der Waals surface area contributed by atoms with Gasteiger partial charge in [-0.05, 0) is 42.0 Å². The molecule has 2 aromatic carbocycles. The van der Waals surface area contributed by atoms with E-state index in [2.05, 4.69) is 10.1 Å². The number of methoxy groups -OCH3 is 1. The van der Waals surface area contributed by atoms with Gasteiger partial charge in [0.15, 0.2) is 0 Å². The van der Waals surface area contributed by atoms with Gasteiger partial charge in [0.2, 0.25) is 0 Å². The normalized spacial score (nSPS) is 11.0. The quantitative estimate of drug-likeness (QED) is 0.593. The molecule has 0 radical (unpaired) electrons. The first-order chi connectivity index (χ1) is 12.4. The highest BCUT2D eigenvalue weighted by Gasteiger charge is 2.11. The van der Waals surface area contributed by atoms with E-state index >= 15 is 0 Å². The molecule has 26 heavy (non-hydrogen) atoms. The van der Waals surface area contributed by atoms with Crippen LogP contribution in [0.3, 0.4) is 0 Å². The van der Waals surface area contributed by atoms with Crippen molar-refractivity contribution in [1.29, 1.82) is 5.26 Å². The highest BCUT2D eigenvalue weighted by molar-refractivity contribution is 6.32. The van der Waals surface area contributed by atoms with Crippen LogP contribution < -0.4 is 14.8 Å². The molecule has 0 fully saturated rings. The molecule has 2 rings (SSSR count). The van der Waals surface area contributed by atoms with Gasteiger partial charge in [0.05, 0.1) is 12.1 Å². The van der Waals surface area contributed by atoms with E-state index in [-0.39, 0.29) is 11.3 Å². The Hall–Kier alpha value is -3.11. The SMILES string of the molecule is COc1ccc(NC(=O)/C(C#N)=C/c2ccc(OC(F)F)cc2)cc1Cl. The fourth-order valence-corrected chi connectivity index (χ4v) is 2.26. The summed E-state index contributed by atoms with van der Waals surface area (Å²) in [6.45, 7) is -2.92. The number of carbonyl (C=O) groups is 1. The number of carbonyl (C=O) groups excluding carboxylic acids is 1. The lowest BCUT2D eigenvalue weighted by atomic mass is 10.1. The summed E-state index contributed by atoms with van der Waals surface area (Å²) in [5, 5.41) is 12.1. The molecule has 0 aliphatic carbocycles. The van der Waals surface area contributed by atoms with Crippen LogP contribution in [-0.2, 0) is 4.79 Å². The number of nitriles is 1. The minimum absolute atomic E-state index is 0.0204. The van der Waals surface area contributed by atoms with Crippen molar-refractivity contribution in [3.05, 3.63) is 58.6 Å². The Kier molecular flexibility index (Phi) is 6.53. The third-order valence-corrected chi connectivity index (χ3v) is 3.49. The number of halogens is 3. The van der Waals surface area contributed by atoms with Crippen molar-refractivity contribution in [2.24, 2.45) is 0 Å². The van der Waals surface area contributed by atoms with Gasteiger partial charge in [-0.1, -0.05) is 23.7 Å². The van der Waals surface area contributed by atoms with Crippen molar-refractivity contribution < 1.29 is 23.0 Å². The molecule has 0 bridgehead atoms. The predicted octanol–water partition coefficient (Wildman–Crippen LogP) is 4.50. The highest BCUT2D eigenvalue weighted by Crippen LogP contribution is 2.27. The Morgan fingerprint density at radius 3 is 2.50 bits per heavy atom. The highest BCUT2D eigenvalue weighted by atomic mass is 35.5. The van der Waals surface area contributed by atoms with Gasteiger partial charge in [-0.25, -0.2) is 0 Å². The van der Waals surface area contributed by atoms with Crippen LogP contribution in [0.25, 0.3) is 6.08 Å². The number of nitrogens with zero attached hydrogens (tertiary/aromatic N) is 1. The summed E-state index contributed by atoms with van der Waals surface area (Å²) in [4.78, 5) is 12.2. The van der Waals surface area contributed by atoms with Crippen LogP contribution in [0.1, 0.15) is 5.56 Å². The fraction of sp³-hybridized carbons (Fsp3) is 0.111. The van der Waals surface area contributed by atoms with E-state index in [1.54, 1.807) is 18.2 Å². The van der Waals surface area contributed by atoms with Gasteiger partial charge in [-0.3, -0.25) is 4.79 Å². The molecular formula is C18H13ClF2N2O3. The van der Waals surface area contributed by atoms with E-state index < -0.39 is 12.5 Å². The molecule has 1 N–H and O–H groups in total. The maximum absolute atomic E-state index is 12.2. The monoisotopic (exact) mass is 378 g/mol. The van der Waals surface area contributed by atoms with Crippen molar-refractivity contribution in [3.8, 4) is 17.6 Å². The Labute approximate surface area is 153 Å². The molecule has 1 amide bonds. The standard InChI is InChI=1S/C18H13ClF2N2O3/c1-25-16-7-4-13(9-15(16)19)23-17(24)12(10-22)8-11-2-5-14(6-3-11)26-18(20)21/h2-9,18H,1H3,(H,23,24)/b12-8+. The topological polar surface area (TPSA) is 71.3 Å². The summed E-state index contributed by atoms with van der Waals surface area (Å²) in [5.41, 5.74) is 0.702. The number of rotatable bonds is 6. The molecule has 0 aliphatic heterocycles. The van der Waals surface area contributed by atoms with Crippen LogP contribution in [0, 0.1) is 11.3 Å². The zero-order valence-electron chi connectivity index (χ0n) is 13.5. The van der Waals surface area contributed by atoms with Crippen molar-refractivity contribution in [3.63, 3.8) is 0 Å². The second kappa shape index (κ2) is 8.83. The van der Waals surface area contributed by atoms with Gasteiger partial charge in [0.1, 0.15) is 23.1 Å². The molecule has 0 aromatic heterocycles. The number of hydrogen-bond acceptors (Lipinski definition) is 4. The van der Waals surface area contributed by atoms with Crippen molar-refractivity contribution >= 4 is 29.3 Å². The number of hydrogen-bond donors (Lipinski definition) is 1. The molecule has 0 unspecified atom stereocenters. The molecule has 0 aliphatic rings. The minimum Gasteiger partial charge on any atom is -0.495 e. The molecule has 2 aromatic rings. The summed E-state index contributed by atoms with van der Waals surface area (Å²) >= 11 is 5.99. The van der Waals surface area contributed by atoms with Gasteiger partial charge in [0, 0.05) is 5.69 Å². The molecule has 5 nitrogen and oxygen atoms in total. The summed E-state index contributed by atoms with van der Waals surface area (Å²) in [7, 11) is 1.47. The van der Waals surface area contributed by atoms with Crippen molar-refractivity contribution in [2.45, 2.75) is 6.61 Å². The van der Waals surface area contributed by atoms with E-state index in [0.29, 0.717) is 22.0 Å². The molecule has 134 valence electrons. The molecule has 0 saturated carbocycles. The van der Waals surface area contributed by atoms with E-state index in [1.165, 1.54) is 43.5 Å². The average molecular weight is 379 g/mol. The summed E-state index contributed by atoms with van der Waals surface area (Å²) in [6.07, 6.45) is 1.33. The number of amides is 1. The predicted molar refractivity (Wildman–Crippen MR) is 93.3 cm³/mol. The number of nitrogens with one attached hydrogen (secondary N) is 1. The summed E-state index contributed by atoms with van der Waals surface area (Å²) in [5.74, 6) is -0.207. The van der Waals surface area contributed by atoms with Crippen LogP contribution in [0.15, 0.2) is 48.0 Å². The van der Waals surface area contributed by atoms with Gasteiger partial charge in [-0.15, -0.1) is 0 Å². The minimum atomic E-state index is -2.92. The Morgan fingerprint density at radius 1 is 1.27 bits per heavy atom. The first kappa shape index (κ1) is 19.2. The lowest BCUT2D eigenvalue weighted by Crippen LogP contribution is -2.13. The van der Waals surface area contributed by atoms with E-state index in [0.717, 1.165) is 0 Å². The lowest BCUT2D eigenvalue weighted by Gasteiger charge is -2.08. The lowest BCUT2D eigenvalue weighted by molar-refractivity contribution is -0.112. The number of benzene rings is 2. The van der Waals surface area contributed by atoms with E-state index in [4.69, 9.17) is 16.3 Å². The Bertz CT molecular complexity index is 862.